The van der Waals surface area contributed by atoms with Crippen LogP contribution in [-0.4, -0.2) is 44.6 Å². The van der Waals surface area contributed by atoms with Crippen LogP contribution >= 0.6 is 0 Å². The van der Waals surface area contributed by atoms with Crippen molar-refractivity contribution < 1.29 is 23.7 Å². The van der Waals surface area contributed by atoms with Gasteiger partial charge in [0, 0.05) is 43.5 Å². The maximum atomic E-state index is 12.7. The number of pyridine rings is 1. The number of nitrogens with zero attached hydrogens (tertiary/aromatic N) is 1. The van der Waals surface area contributed by atoms with Crippen LogP contribution in [-0.2, 0) is 21.4 Å². The number of hydrogen-bond donors (Lipinski definition) is 0. The van der Waals surface area contributed by atoms with Gasteiger partial charge in [-0.15, -0.1) is 0 Å². The van der Waals surface area contributed by atoms with Crippen molar-refractivity contribution in [2.24, 2.45) is 0 Å². The molecule has 3 rings (SSSR count). The molecule has 162 valence electrons. The number of ether oxygens (including phenoxy) is 4. The smallest absolute Gasteiger partial charge is 0.343 e. The molecule has 2 heterocycles. The Bertz CT molecular complexity index is 992. The molecule has 1 aliphatic rings. The molecule has 0 fully saturated rings. The van der Waals surface area contributed by atoms with E-state index >= 15 is 0 Å². The Balaban J connectivity index is 2.08. The molecule has 7 nitrogen and oxygen atoms in total. The van der Waals surface area contributed by atoms with E-state index in [1.165, 1.54) is 6.07 Å². The Labute approximate surface area is 176 Å². The average molecular weight is 415 g/mol. The van der Waals surface area contributed by atoms with E-state index in [9.17, 15) is 9.59 Å². The lowest BCUT2D eigenvalue weighted by Gasteiger charge is -2.37. The molecule has 0 spiro atoms. The molecule has 0 atom stereocenters. The Kier molecular flexibility index (Phi) is 6.51. The fraction of sp³-hybridized carbons (Fsp3) is 0.478. The van der Waals surface area contributed by atoms with Crippen molar-refractivity contribution in [3.63, 3.8) is 0 Å². The highest BCUT2D eigenvalue weighted by Crippen LogP contribution is 2.42. The zero-order valence-electron chi connectivity index (χ0n) is 18.2. The molecule has 0 aliphatic carbocycles. The van der Waals surface area contributed by atoms with Crippen LogP contribution in [0.2, 0.25) is 0 Å². The van der Waals surface area contributed by atoms with Crippen molar-refractivity contribution in [2.75, 3.05) is 34.0 Å². The van der Waals surface area contributed by atoms with Crippen molar-refractivity contribution >= 4 is 5.97 Å². The largest absolute Gasteiger partial charge is 0.493 e. The first-order valence-electron chi connectivity index (χ1n) is 10.1. The summed E-state index contributed by atoms with van der Waals surface area (Å²) in [5, 5.41) is 0. The Morgan fingerprint density at radius 3 is 2.57 bits per heavy atom. The molecule has 30 heavy (non-hydrogen) atoms. The standard InChI is InChI=1S/C23H29NO6/c1-6-29-22(26)17-14-24-18(12-19(17)25)16-11-20(28-5)21(30-9-7-8-27-4)10-15(16)13-23(24,2)3/h10-12,14H,6-9,13H2,1-5H3. The van der Waals surface area contributed by atoms with Crippen LogP contribution in [0.4, 0.5) is 0 Å². The highest BCUT2D eigenvalue weighted by molar-refractivity contribution is 5.89. The number of esters is 1. The van der Waals surface area contributed by atoms with Crippen molar-refractivity contribution in [1.82, 2.24) is 4.57 Å². The van der Waals surface area contributed by atoms with Crippen LogP contribution in [0.3, 0.4) is 0 Å². The maximum Gasteiger partial charge on any atom is 0.343 e. The zero-order valence-corrected chi connectivity index (χ0v) is 18.2. The van der Waals surface area contributed by atoms with Gasteiger partial charge >= 0.3 is 5.97 Å². The SMILES string of the molecule is CCOC(=O)c1cn2c(cc1=O)-c1cc(OC)c(OCCCOC)cc1CC2(C)C. The van der Waals surface area contributed by atoms with E-state index in [2.05, 4.69) is 13.8 Å². The predicted molar refractivity (Wildman–Crippen MR) is 114 cm³/mol. The van der Waals surface area contributed by atoms with Crippen LogP contribution in [0.5, 0.6) is 11.5 Å². The lowest BCUT2D eigenvalue weighted by molar-refractivity contribution is 0.0523. The van der Waals surface area contributed by atoms with E-state index in [4.69, 9.17) is 18.9 Å². The Morgan fingerprint density at radius 2 is 1.90 bits per heavy atom. The van der Waals surface area contributed by atoms with Gasteiger partial charge in [-0.1, -0.05) is 0 Å². The third kappa shape index (κ3) is 4.21. The molecule has 2 aromatic rings. The summed E-state index contributed by atoms with van der Waals surface area (Å²) in [5.41, 5.74) is 2.03. The Morgan fingerprint density at radius 1 is 1.13 bits per heavy atom. The van der Waals surface area contributed by atoms with Gasteiger partial charge in [0.05, 0.1) is 26.0 Å². The first-order valence-corrected chi connectivity index (χ1v) is 10.1. The quantitative estimate of drug-likeness (QED) is 0.486. The number of rotatable bonds is 8. The molecule has 0 saturated heterocycles. The van der Waals surface area contributed by atoms with Gasteiger partial charge in [-0.25, -0.2) is 4.79 Å². The monoisotopic (exact) mass is 415 g/mol. The first kappa shape index (κ1) is 21.9. The summed E-state index contributed by atoms with van der Waals surface area (Å²) in [7, 11) is 3.25. The molecule has 0 saturated carbocycles. The number of methoxy groups -OCH3 is 2. The van der Waals surface area contributed by atoms with Crippen molar-refractivity contribution in [3.8, 4) is 22.8 Å². The van der Waals surface area contributed by atoms with Crippen LogP contribution in [0.1, 0.15) is 43.1 Å². The molecule has 1 aromatic carbocycles. The van der Waals surface area contributed by atoms with E-state index in [1.807, 2.05) is 16.7 Å². The third-order valence-electron chi connectivity index (χ3n) is 5.24. The summed E-state index contributed by atoms with van der Waals surface area (Å²) >= 11 is 0. The van der Waals surface area contributed by atoms with E-state index in [-0.39, 0.29) is 23.1 Å². The van der Waals surface area contributed by atoms with Crippen LogP contribution in [0.25, 0.3) is 11.3 Å². The topological polar surface area (TPSA) is 76.0 Å². The molecular formula is C23H29NO6. The van der Waals surface area contributed by atoms with Crippen LogP contribution in [0, 0.1) is 0 Å². The number of benzene rings is 1. The minimum Gasteiger partial charge on any atom is -0.493 e. The normalized spacial score (nSPS) is 13.9. The van der Waals surface area contributed by atoms with Crippen LogP contribution in [0.15, 0.2) is 29.2 Å². The highest BCUT2D eigenvalue weighted by Gasteiger charge is 2.32. The van der Waals surface area contributed by atoms with Gasteiger partial charge in [-0.2, -0.15) is 0 Å². The van der Waals surface area contributed by atoms with Gasteiger partial charge in [0.2, 0.25) is 0 Å². The second kappa shape index (κ2) is 8.92. The summed E-state index contributed by atoms with van der Waals surface area (Å²) in [6.07, 6.45) is 3.09. The lowest BCUT2D eigenvalue weighted by Crippen LogP contribution is -2.36. The minimum absolute atomic E-state index is 0.0437. The van der Waals surface area contributed by atoms with Gasteiger partial charge in [0.25, 0.3) is 0 Å². The molecule has 0 bridgehead atoms. The maximum absolute atomic E-state index is 12.7. The molecule has 0 amide bonds. The van der Waals surface area contributed by atoms with Crippen molar-refractivity contribution in [1.29, 1.82) is 0 Å². The average Bonchev–Trinajstić information content (AvgIpc) is 2.70. The van der Waals surface area contributed by atoms with Crippen molar-refractivity contribution in [3.05, 3.63) is 45.7 Å². The van der Waals surface area contributed by atoms with E-state index in [0.717, 1.165) is 23.2 Å². The molecule has 0 radical (unpaired) electrons. The molecule has 0 N–H and O–H groups in total. The summed E-state index contributed by atoms with van der Waals surface area (Å²) in [4.78, 5) is 24.9. The lowest BCUT2D eigenvalue weighted by atomic mass is 9.85. The second-order valence-electron chi connectivity index (χ2n) is 7.87. The van der Waals surface area contributed by atoms with Gasteiger partial charge in [0.1, 0.15) is 5.56 Å². The molecule has 1 aliphatic heterocycles. The highest BCUT2D eigenvalue weighted by atomic mass is 16.5. The van der Waals surface area contributed by atoms with E-state index in [1.54, 1.807) is 27.3 Å². The number of aromatic nitrogens is 1. The minimum atomic E-state index is -0.600. The number of carbonyl (C=O) groups is 1. The fourth-order valence-electron chi connectivity index (χ4n) is 3.80. The predicted octanol–water partition coefficient (Wildman–Crippen LogP) is 3.41. The van der Waals surface area contributed by atoms with Gasteiger partial charge in [-0.05, 0) is 44.9 Å². The van der Waals surface area contributed by atoms with E-state index < -0.39 is 5.97 Å². The van der Waals surface area contributed by atoms with Crippen molar-refractivity contribution in [2.45, 2.75) is 39.2 Å². The summed E-state index contributed by atoms with van der Waals surface area (Å²) in [5.74, 6) is 0.665. The number of fused-ring (bicyclic) bond motifs is 3. The van der Waals surface area contributed by atoms with Gasteiger partial charge in [-0.3, -0.25) is 4.79 Å². The Hall–Kier alpha value is -2.80. The fourth-order valence-corrected chi connectivity index (χ4v) is 3.80. The summed E-state index contributed by atoms with van der Waals surface area (Å²) < 4.78 is 23.6. The number of hydrogen-bond acceptors (Lipinski definition) is 6. The van der Waals surface area contributed by atoms with Crippen LogP contribution < -0.4 is 14.9 Å². The van der Waals surface area contributed by atoms with E-state index in [0.29, 0.717) is 31.1 Å². The molecule has 1 aromatic heterocycles. The molecule has 7 heteroatoms. The molecule has 0 unspecified atom stereocenters. The van der Waals surface area contributed by atoms with Gasteiger partial charge in [0.15, 0.2) is 16.9 Å². The molecular weight excluding hydrogens is 386 g/mol. The summed E-state index contributed by atoms with van der Waals surface area (Å²) in [6.45, 7) is 7.22. The van der Waals surface area contributed by atoms with Gasteiger partial charge < -0.3 is 23.5 Å². The zero-order chi connectivity index (χ0) is 21.9. The second-order valence-corrected chi connectivity index (χ2v) is 7.87. The number of carbonyl (C=O) groups excluding carboxylic acids is 1. The third-order valence-corrected chi connectivity index (χ3v) is 5.24. The summed E-state index contributed by atoms with van der Waals surface area (Å²) in [6, 6.07) is 5.38. The first-order chi connectivity index (χ1) is 14.3.